The Morgan fingerprint density at radius 1 is 1.12 bits per heavy atom. The number of carbonyl (C=O) groups excluding carboxylic acids is 1. The van der Waals surface area contributed by atoms with Crippen molar-refractivity contribution in [3.8, 4) is 11.4 Å². The van der Waals surface area contributed by atoms with E-state index in [1.165, 1.54) is 5.56 Å². The monoisotopic (exact) mass is 333 g/mol. The first-order valence-corrected chi connectivity index (χ1v) is 8.28. The van der Waals surface area contributed by atoms with Crippen LogP contribution in [0.2, 0.25) is 0 Å². The number of hydrogen-bond donors (Lipinski definition) is 0. The topological polar surface area (TPSA) is 47.4 Å². The van der Waals surface area contributed by atoms with E-state index in [0.717, 1.165) is 29.2 Å². The van der Waals surface area contributed by atoms with E-state index in [1.54, 1.807) is 11.8 Å². The molecule has 0 atom stereocenters. The molecule has 2 aromatic carbocycles. The molecule has 126 valence electrons. The Labute approximate surface area is 146 Å². The predicted molar refractivity (Wildman–Crippen MR) is 96.7 cm³/mol. The lowest BCUT2D eigenvalue weighted by Crippen LogP contribution is -2.29. The Kier molecular flexibility index (Phi) is 3.76. The van der Waals surface area contributed by atoms with Crippen LogP contribution in [0.3, 0.4) is 0 Å². The molecular formula is C20H19N3O2. The highest BCUT2D eigenvalue weighted by molar-refractivity contribution is 6.06. The Bertz CT molecular complexity index is 928. The summed E-state index contributed by atoms with van der Waals surface area (Å²) in [6.07, 6.45) is 0.889. The van der Waals surface area contributed by atoms with E-state index >= 15 is 0 Å². The van der Waals surface area contributed by atoms with Crippen molar-refractivity contribution in [2.24, 2.45) is 0 Å². The minimum absolute atomic E-state index is 0.0553. The van der Waals surface area contributed by atoms with Crippen LogP contribution in [0.5, 0.6) is 5.75 Å². The summed E-state index contributed by atoms with van der Waals surface area (Å²) in [5.74, 6) is 0.735. The molecule has 0 saturated carbocycles. The number of carbonyl (C=O) groups is 1. The normalized spacial score (nSPS) is 13.0. The fourth-order valence-electron chi connectivity index (χ4n) is 3.25. The van der Waals surface area contributed by atoms with Crippen LogP contribution in [-0.4, -0.2) is 29.3 Å². The Balaban J connectivity index is 1.65. The van der Waals surface area contributed by atoms with Crippen molar-refractivity contribution in [1.82, 2.24) is 9.78 Å². The summed E-state index contributed by atoms with van der Waals surface area (Å²) < 4.78 is 6.98. The molecule has 0 saturated heterocycles. The smallest absolute Gasteiger partial charge is 0.278 e. The third-order valence-electron chi connectivity index (χ3n) is 4.56. The molecular weight excluding hydrogens is 314 g/mol. The van der Waals surface area contributed by atoms with Crippen molar-refractivity contribution in [2.45, 2.75) is 13.3 Å². The fraction of sp³-hybridized carbons (Fsp3) is 0.200. The van der Waals surface area contributed by atoms with Crippen LogP contribution in [0.4, 0.5) is 5.69 Å². The van der Waals surface area contributed by atoms with Crippen LogP contribution < -0.4 is 9.64 Å². The molecule has 0 unspecified atom stereocenters. The van der Waals surface area contributed by atoms with Gasteiger partial charge in [-0.15, -0.1) is 0 Å². The zero-order valence-corrected chi connectivity index (χ0v) is 14.3. The quantitative estimate of drug-likeness (QED) is 0.738. The molecule has 5 heteroatoms. The zero-order chi connectivity index (χ0) is 17.4. The lowest BCUT2D eigenvalue weighted by atomic mass is 10.2. The van der Waals surface area contributed by atoms with Gasteiger partial charge in [0, 0.05) is 17.9 Å². The van der Waals surface area contributed by atoms with Crippen LogP contribution >= 0.6 is 0 Å². The molecule has 0 N–H and O–H groups in total. The lowest BCUT2D eigenvalue weighted by molar-refractivity contribution is 0.0984. The van der Waals surface area contributed by atoms with Crippen molar-refractivity contribution in [1.29, 1.82) is 0 Å². The van der Waals surface area contributed by atoms with Crippen LogP contribution in [0.25, 0.3) is 5.69 Å². The average Bonchev–Trinajstić information content (AvgIpc) is 3.25. The first kappa shape index (κ1) is 15.4. The van der Waals surface area contributed by atoms with Gasteiger partial charge in [0.1, 0.15) is 5.75 Å². The summed E-state index contributed by atoms with van der Waals surface area (Å²) in [4.78, 5) is 14.8. The van der Waals surface area contributed by atoms with E-state index in [1.807, 2.05) is 60.4 Å². The molecule has 1 amide bonds. The number of para-hydroxylation sites is 1. The van der Waals surface area contributed by atoms with Crippen LogP contribution in [0.1, 0.15) is 21.7 Å². The number of benzene rings is 2. The standard InChI is InChI=1S/C20H19N3O2/c1-14-13-18(21-23(14)16-7-9-17(25-2)10-8-16)20(24)22-12-11-15-5-3-4-6-19(15)22/h3-10,13H,11-12H2,1-2H3. The highest BCUT2D eigenvalue weighted by Crippen LogP contribution is 2.29. The number of anilines is 1. The number of methoxy groups -OCH3 is 1. The highest BCUT2D eigenvalue weighted by Gasteiger charge is 2.27. The maximum absolute atomic E-state index is 12.9. The van der Waals surface area contributed by atoms with Gasteiger partial charge >= 0.3 is 0 Å². The number of aryl methyl sites for hydroxylation is 1. The largest absolute Gasteiger partial charge is 0.497 e. The molecule has 4 rings (SSSR count). The molecule has 0 radical (unpaired) electrons. The Morgan fingerprint density at radius 2 is 1.88 bits per heavy atom. The SMILES string of the molecule is COc1ccc(-n2nc(C(=O)N3CCc4ccccc43)cc2C)cc1. The average molecular weight is 333 g/mol. The number of aromatic nitrogens is 2. The predicted octanol–water partition coefficient (Wildman–Crippen LogP) is 3.39. The van der Waals surface area contributed by atoms with Gasteiger partial charge in [-0.25, -0.2) is 4.68 Å². The lowest BCUT2D eigenvalue weighted by Gasteiger charge is -2.15. The molecule has 0 spiro atoms. The molecule has 0 bridgehead atoms. The van der Waals surface area contributed by atoms with Crippen LogP contribution in [-0.2, 0) is 6.42 Å². The number of nitrogens with zero attached hydrogens (tertiary/aromatic N) is 3. The maximum atomic E-state index is 12.9. The van der Waals surface area contributed by atoms with Crippen molar-refractivity contribution < 1.29 is 9.53 Å². The maximum Gasteiger partial charge on any atom is 0.278 e. The van der Waals surface area contributed by atoms with Crippen molar-refractivity contribution in [3.05, 3.63) is 71.5 Å². The van der Waals surface area contributed by atoms with E-state index in [0.29, 0.717) is 12.2 Å². The number of ether oxygens (including phenoxy) is 1. The van der Waals surface area contributed by atoms with Crippen molar-refractivity contribution in [3.63, 3.8) is 0 Å². The van der Waals surface area contributed by atoms with Gasteiger partial charge in [0.15, 0.2) is 5.69 Å². The highest BCUT2D eigenvalue weighted by atomic mass is 16.5. The van der Waals surface area contributed by atoms with Crippen molar-refractivity contribution in [2.75, 3.05) is 18.6 Å². The third-order valence-corrected chi connectivity index (χ3v) is 4.56. The molecule has 1 aliphatic heterocycles. The fourth-order valence-corrected chi connectivity index (χ4v) is 3.25. The second-order valence-electron chi connectivity index (χ2n) is 6.12. The van der Waals surface area contributed by atoms with E-state index in [-0.39, 0.29) is 5.91 Å². The first-order valence-electron chi connectivity index (χ1n) is 8.28. The molecule has 2 heterocycles. The molecule has 0 fully saturated rings. The van der Waals surface area contributed by atoms with Gasteiger partial charge in [0.25, 0.3) is 5.91 Å². The summed E-state index contributed by atoms with van der Waals surface area (Å²) in [5, 5.41) is 4.54. The second-order valence-corrected chi connectivity index (χ2v) is 6.12. The van der Waals surface area contributed by atoms with E-state index in [4.69, 9.17) is 4.74 Å². The Morgan fingerprint density at radius 3 is 2.64 bits per heavy atom. The molecule has 3 aromatic rings. The number of hydrogen-bond acceptors (Lipinski definition) is 3. The van der Waals surface area contributed by atoms with Gasteiger partial charge in [0.05, 0.1) is 12.8 Å². The van der Waals surface area contributed by atoms with Gasteiger partial charge in [-0.05, 0) is 55.3 Å². The third kappa shape index (κ3) is 2.67. The van der Waals surface area contributed by atoms with Crippen molar-refractivity contribution >= 4 is 11.6 Å². The van der Waals surface area contributed by atoms with Gasteiger partial charge in [-0.2, -0.15) is 5.10 Å². The number of fused-ring (bicyclic) bond motifs is 1. The van der Waals surface area contributed by atoms with Gasteiger partial charge in [-0.1, -0.05) is 18.2 Å². The minimum atomic E-state index is -0.0553. The van der Waals surface area contributed by atoms with Crippen LogP contribution in [0.15, 0.2) is 54.6 Å². The van der Waals surface area contributed by atoms with E-state index in [2.05, 4.69) is 11.2 Å². The van der Waals surface area contributed by atoms with Gasteiger partial charge in [0.2, 0.25) is 0 Å². The number of rotatable bonds is 3. The molecule has 5 nitrogen and oxygen atoms in total. The van der Waals surface area contributed by atoms with Crippen LogP contribution in [0, 0.1) is 6.92 Å². The summed E-state index contributed by atoms with van der Waals surface area (Å²) in [5.41, 5.74) is 4.48. The summed E-state index contributed by atoms with van der Waals surface area (Å²) in [6, 6.07) is 17.5. The molecule has 0 aliphatic carbocycles. The first-order chi connectivity index (χ1) is 12.2. The van der Waals surface area contributed by atoms with E-state index in [9.17, 15) is 4.79 Å². The van der Waals surface area contributed by atoms with E-state index < -0.39 is 0 Å². The van der Waals surface area contributed by atoms with Gasteiger partial charge < -0.3 is 9.64 Å². The molecule has 1 aliphatic rings. The zero-order valence-electron chi connectivity index (χ0n) is 14.3. The summed E-state index contributed by atoms with van der Waals surface area (Å²) >= 11 is 0. The molecule has 1 aromatic heterocycles. The summed E-state index contributed by atoms with van der Waals surface area (Å²) in [6.45, 7) is 2.65. The summed E-state index contributed by atoms with van der Waals surface area (Å²) in [7, 11) is 1.64. The van der Waals surface area contributed by atoms with Gasteiger partial charge in [-0.3, -0.25) is 4.79 Å². The number of amides is 1. The second kappa shape index (κ2) is 6.09. The molecule has 25 heavy (non-hydrogen) atoms. The minimum Gasteiger partial charge on any atom is -0.497 e. The Hall–Kier alpha value is -3.08.